The van der Waals surface area contributed by atoms with Crippen molar-refractivity contribution in [3.8, 4) is 11.3 Å². The van der Waals surface area contributed by atoms with Gasteiger partial charge in [0, 0.05) is 31.3 Å². The second-order valence-electron chi connectivity index (χ2n) is 6.18. The number of aromatic nitrogens is 1. The molecule has 1 aromatic carbocycles. The molecule has 0 aliphatic rings. The minimum Gasteiger partial charge on any atom is -0.449 e. The number of hydrogen-bond donors (Lipinski definition) is 2. The van der Waals surface area contributed by atoms with Crippen molar-refractivity contribution in [1.82, 2.24) is 10.3 Å². The zero-order valence-electron chi connectivity index (χ0n) is 14.0. The number of aryl methyl sites for hydroxylation is 1. The summed E-state index contributed by atoms with van der Waals surface area (Å²) in [5, 5.41) is 5.94. The molecule has 6 heteroatoms. The van der Waals surface area contributed by atoms with Gasteiger partial charge in [-0.05, 0) is 32.9 Å². The molecule has 0 aliphatic heterocycles. The average Bonchev–Trinajstić information content (AvgIpc) is 2.89. The molecule has 6 nitrogen and oxygen atoms in total. The van der Waals surface area contributed by atoms with Crippen LogP contribution in [-0.2, 0) is 4.74 Å². The van der Waals surface area contributed by atoms with Crippen LogP contribution in [0, 0.1) is 6.92 Å². The summed E-state index contributed by atoms with van der Waals surface area (Å²) >= 11 is 0. The maximum absolute atomic E-state index is 11.5. The number of ether oxygens (including phenoxy) is 1. The van der Waals surface area contributed by atoms with E-state index in [1.807, 2.05) is 52.0 Å². The van der Waals surface area contributed by atoms with Crippen LogP contribution in [0.15, 0.2) is 34.9 Å². The number of rotatable bonds is 5. The van der Waals surface area contributed by atoms with Gasteiger partial charge >= 0.3 is 6.09 Å². The topological polar surface area (TPSA) is 76.4 Å². The number of amides is 1. The van der Waals surface area contributed by atoms with E-state index in [4.69, 9.17) is 9.15 Å². The summed E-state index contributed by atoms with van der Waals surface area (Å²) in [5.41, 5.74) is 2.31. The highest BCUT2D eigenvalue weighted by Gasteiger charge is 2.15. The van der Waals surface area contributed by atoms with E-state index in [2.05, 4.69) is 15.6 Å². The van der Waals surface area contributed by atoms with Crippen LogP contribution in [0.5, 0.6) is 0 Å². The highest BCUT2D eigenvalue weighted by Crippen LogP contribution is 2.20. The van der Waals surface area contributed by atoms with Crippen molar-refractivity contribution < 1.29 is 13.9 Å². The van der Waals surface area contributed by atoms with E-state index in [0.717, 1.165) is 16.9 Å². The summed E-state index contributed by atoms with van der Waals surface area (Å²) < 4.78 is 10.4. The fraction of sp³-hybridized carbons (Fsp3) is 0.412. The number of carbonyl (C=O) groups excluding carboxylic acids is 1. The number of nitrogens with zero attached hydrogens (tertiary/aromatic N) is 1. The van der Waals surface area contributed by atoms with Crippen molar-refractivity contribution in [3.05, 3.63) is 36.4 Å². The minimum atomic E-state index is -0.479. The van der Waals surface area contributed by atoms with Gasteiger partial charge in [-0.3, -0.25) is 0 Å². The van der Waals surface area contributed by atoms with Crippen LogP contribution in [-0.4, -0.2) is 29.8 Å². The van der Waals surface area contributed by atoms with Crippen LogP contribution < -0.4 is 10.6 Å². The molecule has 124 valence electrons. The molecule has 1 amide bonds. The first-order valence-corrected chi connectivity index (χ1v) is 7.57. The highest BCUT2D eigenvalue weighted by atomic mass is 16.6. The normalized spacial score (nSPS) is 11.1. The number of hydrogen-bond acceptors (Lipinski definition) is 5. The van der Waals surface area contributed by atoms with Crippen LogP contribution in [0.2, 0.25) is 0 Å². The smallest absolute Gasteiger partial charge is 0.407 e. The molecule has 2 rings (SSSR count). The van der Waals surface area contributed by atoms with Gasteiger partial charge in [0.15, 0.2) is 5.89 Å². The molecular weight excluding hydrogens is 294 g/mol. The molecule has 0 saturated heterocycles. The molecule has 0 unspecified atom stereocenters. The van der Waals surface area contributed by atoms with Gasteiger partial charge in [-0.25, -0.2) is 9.78 Å². The third-order valence-electron chi connectivity index (χ3n) is 2.92. The van der Waals surface area contributed by atoms with E-state index in [1.165, 1.54) is 0 Å². The van der Waals surface area contributed by atoms with Crippen molar-refractivity contribution >= 4 is 11.8 Å². The first-order chi connectivity index (χ1) is 10.8. The van der Waals surface area contributed by atoms with Gasteiger partial charge in [0.05, 0.1) is 0 Å². The Bertz CT molecular complexity index is 642. The summed E-state index contributed by atoms with van der Waals surface area (Å²) in [4.78, 5) is 15.8. The first kappa shape index (κ1) is 16.9. The quantitative estimate of drug-likeness (QED) is 0.824. The lowest BCUT2D eigenvalue weighted by Gasteiger charge is -2.19. The van der Waals surface area contributed by atoms with Gasteiger partial charge in [-0.2, -0.15) is 0 Å². The van der Waals surface area contributed by atoms with Crippen molar-refractivity contribution in [2.45, 2.75) is 33.3 Å². The minimum absolute atomic E-state index is 0.406. The third kappa shape index (κ3) is 5.65. The molecular formula is C17H23N3O3. The van der Waals surface area contributed by atoms with Crippen molar-refractivity contribution in [3.63, 3.8) is 0 Å². The molecule has 1 heterocycles. The van der Waals surface area contributed by atoms with Crippen molar-refractivity contribution in [2.75, 3.05) is 18.4 Å². The molecule has 1 aromatic heterocycles. The molecule has 0 aliphatic carbocycles. The summed E-state index contributed by atoms with van der Waals surface area (Å²) in [6, 6.07) is 7.88. The largest absolute Gasteiger partial charge is 0.449 e. The molecule has 0 spiro atoms. The second kappa shape index (κ2) is 7.17. The molecule has 0 saturated carbocycles. The Balaban J connectivity index is 1.75. The molecule has 0 radical (unpaired) electrons. The van der Waals surface area contributed by atoms with E-state index < -0.39 is 11.7 Å². The fourth-order valence-electron chi connectivity index (χ4n) is 1.94. The molecule has 2 aromatic rings. The lowest BCUT2D eigenvalue weighted by atomic mass is 10.1. The number of nitrogens with one attached hydrogen (secondary N) is 2. The Kier molecular flexibility index (Phi) is 5.26. The SMILES string of the molecule is Cc1nc(-c2ccc(NCCNC(=O)OC(C)(C)C)cc2)co1. The first-order valence-electron chi connectivity index (χ1n) is 7.57. The lowest BCUT2D eigenvalue weighted by molar-refractivity contribution is 0.0530. The molecule has 0 fully saturated rings. The number of alkyl carbamates (subject to hydrolysis) is 1. The van der Waals surface area contributed by atoms with Gasteiger partial charge in [-0.1, -0.05) is 12.1 Å². The van der Waals surface area contributed by atoms with Crippen LogP contribution in [0.4, 0.5) is 10.5 Å². The number of benzene rings is 1. The van der Waals surface area contributed by atoms with Gasteiger partial charge < -0.3 is 19.8 Å². The van der Waals surface area contributed by atoms with E-state index in [1.54, 1.807) is 6.26 Å². The number of carbonyl (C=O) groups is 1. The van der Waals surface area contributed by atoms with Crippen LogP contribution >= 0.6 is 0 Å². The summed E-state index contributed by atoms with van der Waals surface area (Å²) in [7, 11) is 0. The van der Waals surface area contributed by atoms with Gasteiger partial charge in [-0.15, -0.1) is 0 Å². The van der Waals surface area contributed by atoms with Crippen LogP contribution in [0.1, 0.15) is 26.7 Å². The maximum atomic E-state index is 11.5. The van der Waals surface area contributed by atoms with Crippen LogP contribution in [0.25, 0.3) is 11.3 Å². The van der Waals surface area contributed by atoms with E-state index in [0.29, 0.717) is 19.0 Å². The zero-order valence-corrected chi connectivity index (χ0v) is 14.0. The standard InChI is InChI=1S/C17H23N3O3/c1-12-20-15(11-22-12)13-5-7-14(8-6-13)18-9-10-19-16(21)23-17(2,3)4/h5-8,11,18H,9-10H2,1-4H3,(H,19,21). The summed E-state index contributed by atoms with van der Waals surface area (Å²) in [6.45, 7) is 8.42. The van der Waals surface area contributed by atoms with Crippen LogP contribution in [0.3, 0.4) is 0 Å². The Morgan fingerprint density at radius 3 is 2.48 bits per heavy atom. The number of anilines is 1. The Hall–Kier alpha value is -2.50. The van der Waals surface area contributed by atoms with Crippen molar-refractivity contribution in [1.29, 1.82) is 0 Å². The lowest BCUT2D eigenvalue weighted by Crippen LogP contribution is -2.34. The van der Waals surface area contributed by atoms with Gasteiger partial charge in [0.2, 0.25) is 0 Å². The van der Waals surface area contributed by atoms with Crippen molar-refractivity contribution in [2.24, 2.45) is 0 Å². The maximum Gasteiger partial charge on any atom is 0.407 e. The Morgan fingerprint density at radius 1 is 1.22 bits per heavy atom. The Morgan fingerprint density at radius 2 is 1.91 bits per heavy atom. The predicted octanol–water partition coefficient (Wildman–Crippen LogP) is 3.59. The summed E-state index contributed by atoms with van der Waals surface area (Å²) in [5.74, 6) is 0.649. The summed E-state index contributed by atoms with van der Waals surface area (Å²) in [6.07, 6.45) is 1.23. The van der Waals surface area contributed by atoms with E-state index in [9.17, 15) is 4.79 Å². The molecule has 2 N–H and O–H groups in total. The number of oxazole rings is 1. The fourth-order valence-corrected chi connectivity index (χ4v) is 1.94. The van der Waals surface area contributed by atoms with Gasteiger partial charge in [0.1, 0.15) is 17.6 Å². The molecule has 0 bridgehead atoms. The monoisotopic (exact) mass is 317 g/mol. The molecule has 23 heavy (non-hydrogen) atoms. The average molecular weight is 317 g/mol. The zero-order chi connectivity index (χ0) is 16.9. The predicted molar refractivity (Wildman–Crippen MR) is 89.4 cm³/mol. The van der Waals surface area contributed by atoms with Gasteiger partial charge in [0.25, 0.3) is 0 Å². The second-order valence-corrected chi connectivity index (χ2v) is 6.18. The highest BCUT2D eigenvalue weighted by molar-refractivity contribution is 5.67. The van der Waals surface area contributed by atoms with E-state index in [-0.39, 0.29) is 0 Å². The Labute approximate surface area is 136 Å². The third-order valence-corrected chi connectivity index (χ3v) is 2.92. The molecule has 0 atom stereocenters. The van der Waals surface area contributed by atoms with E-state index >= 15 is 0 Å².